The molecule has 2 aliphatic heterocycles. The Labute approximate surface area is 198 Å². The van der Waals surface area contributed by atoms with Crippen LogP contribution in [0.5, 0.6) is 0 Å². The van der Waals surface area contributed by atoms with E-state index >= 15 is 0 Å². The predicted molar refractivity (Wildman–Crippen MR) is 121 cm³/mol. The number of nitrogens with zero attached hydrogens (tertiary/aromatic N) is 5. The van der Waals surface area contributed by atoms with Gasteiger partial charge >= 0.3 is 5.97 Å². The third-order valence-electron chi connectivity index (χ3n) is 4.49. The van der Waals surface area contributed by atoms with Crippen LogP contribution >= 0.6 is 46.4 Å². The number of rotatable bonds is 8. The number of hydrogen-bond acceptors (Lipinski definition) is 12. The van der Waals surface area contributed by atoms with Crippen molar-refractivity contribution in [1.29, 1.82) is 0 Å². The van der Waals surface area contributed by atoms with Crippen LogP contribution in [0.15, 0.2) is 31.7 Å². The molecule has 4 rings (SSSR count). The third kappa shape index (κ3) is 4.37. The van der Waals surface area contributed by atoms with Crippen molar-refractivity contribution in [3.8, 4) is 0 Å². The number of carboxylic acids is 1. The minimum Gasteiger partial charge on any atom is -0.477 e. The van der Waals surface area contributed by atoms with Crippen molar-refractivity contribution in [2.45, 2.75) is 22.7 Å². The summed E-state index contributed by atoms with van der Waals surface area (Å²) in [5.74, 6) is -0.832. The van der Waals surface area contributed by atoms with E-state index in [1.165, 1.54) is 58.4 Å². The lowest BCUT2D eigenvalue weighted by atomic mass is 10.0. The van der Waals surface area contributed by atoms with Crippen LogP contribution in [0.3, 0.4) is 0 Å². The fraction of sp³-hybridized carbons (Fsp3) is 0.353. The van der Waals surface area contributed by atoms with Gasteiger partial charge in [-0.2, -0.15) is 4.37 Å². The highest BCUT2D eigenvalue weighted by Crippen LogP contribution is 2.41. The van der Waals surface area contributed by atoms with Gasteiger partial charge in [0, 0.05) is 16.9 Å². The maximum absolute atomic E-state index is 12.8. The number of aryl methyl sites for hydroxylation is 1. The van der Waals surface area contributed by atoms with Gasteiger partial charge in [0.15, 0.2) is 10.1 Å². The van der Waals surface area contributed by atoms with E-state index < -0.39 is 29.2 Å². The highest BCUT2D eigenvalue weighted by atomic mass is 32.2. The zero-order valence-corrected chi connectivity index (χ0v) is 19.9. The first-order valence-corrected chi connectivity index (χ1v) is 12.8. The standard InChI is InChI=1S/C17H16N6O5S4/c1-7-19-17(32-22-7)31-4-8-3-30-15-11(14(25)23(15)12(8)16(26)27)20-13(24)10(21-28-2)9-5-29-6-18-9/h5-6,11,15H,3-4H2,1-2H3,(H,20,24)(H,26,27)/t11?,15-/m0/s1. The summed E-state index contributed by atoms with van der Waals surface area (Å²) in [5, 5.41) is 17.2. The Balaban J connectivity index is 1.48. The van der Waals surface area contributed by atoms with Crippen molar-refractivity contribution in [3.63, 3.8) is 0 Å². The smallest absolute Gasteiger partial charge is 0.352 e. The highest BCUT2D eigenvalue weighted by molar-refractivity contribution is 8.01. The highest BCUT2D eigenvalue weighted by Gasteiger charge is 2.54. The minimum atomic E-state index is -1.18. The molecule has 2 aromatic heterocycles. The van der Waals surface area contributed by atoms with E-state index in [4.69, 9.17) is 4.84 Å². The summed E-state index contributed by atoms with van der Waals surface area (Å²) >= 11 is 5.32. The van der Waals surface area contributed by atoms with Crippen molar-refractivity contribution >= 4 is 69.9 Å². The van der Waals surface area contributed by atoms with Gasteiger partial charge in [-0.15, -0.1) is 23.1 Å². The van der Waals surface area contributed by atoms with E-state index in [1.54, 1.807) is 17.8 Å². The molecule has 0 aromatic carbocycles. The number of thiazole rings is 1. The van der Waals surface area contributed by atoms with Crippen molar-refractivity contribution < 1.29 is 24.3 Å². The number of nitrogens with one attached hydrogen (secondary N) is 1. The number of oxime groups is 1. The molecular formula is C17H16N6O5S4. The Morgan fingerprint density at radius 2 is 2.28 bits per heavy atom. The predicted octanol–water partition coefficient (Wildman–Crippen LogP) is 1.18. The number of carboxylic acid groups (broad SMARTS) is 1. The quantitative estimate of drug-likeness (QED) is 0.229. The van der Waals surface area contributed by atoms with Crippen molar-refractivity contribution in [1.82, 2.24) is 24.6 Å². The molecule has 0 aliphatic carbocycles. The molecule has 0 bridgehead atoms. The molecule has 2 aliphatic rings. The van der Waals surface area contributed by atoms with E-state index in [0.29, 0.717) is 28.6 Å². The summed E-state index contributed by atoms with van der Waals surface area (Å²) in [6.45, 7) is 1.79. The number of β-lactam (4-membered cyclic amide) rings is 1. The lowest BCUT2D eigenvalue weighted by Gasteiger charge is -2.49. The van der Waals surface area contributed by atoms with Crippen LogP contribution in [0.25, 0.3) is 0 Å². The van der Waals surface area contributed by atoms with E-state index in [2.05, 4.69) is 24.8 Å². The molecule has 32 heavy (non-hydrogen) atoms. The number of carbonyl (C=O) groups is 3. The molecule has 2 amide bonds. The fourth-order valence-electron chi connectivity index (χ4n) is 3.11. The average Bonchev–Trinajstić information content (AvgIpc) is 3.45. The molecule has 11 nitrogen and oxygen atoms in total. The Hall–Kier alpha value is -2.49. The summed E-state index contributed by atoms with van der Waals surface area (Å²) in [4.78, 5) is 51.8. The van der Waals surface area contributed by atoms with Gasteiger partial charge in [-0.05, 0) is 24.0 Å². The van der Waals surface area contributed by atoms with Gasteiger partial charge in [-0.25, -0.2) is 14.8 Å². The van der Waals surface area contributed by atoms with Gasteiger partial charge in [-0.3, -0.25) is 14.5 Å². The molecule has 15 heteroatoms. The molecule has 1 fully saturated rings. The Morgan fingerprint density at radius 3 is 2.91 bits per heavy atom. The van der Waals surface area contributed by atoms with Gasteiger partial charge in [0.1, 0.15) is 35.7 Å². The van der Waals surface area contributed by atoms with Gasteiger partial charge in [-0.1, -0.05) is 16.9 Å². The molecule has 1 unspecified atom stereocenters. The van der Waals surface area contributed by atoms with Crippen LogP contribution in [-0.2, 0) is 19.2 Å². The zero-order chi connectivity index (χ0) is 22.8. The fourth-order valence-corrected chi connectivity index (χ4v) is 6.78. The third-order valence-corrected chi connectivity index (χ3v) is 8.43. The van der Waals surface area contributed by atoms with Gasteiger partial charge in [0.05, 0.1) is 5.51 Å². The number of hydrogen-bond donors (Lipinski definition) is 2. The summed E-state index contributed by atoms with van der Waals surface area (Å²) < 4.78 is 4.85. The molecule has 0 saturated carbocycles. The van der Waals surface area contributed by atoms with E-state index in [0.717, 1.165) is 4.34 Å². The monoisotopic (exact) mass is 512 g/mol. The van der Waals surface area contributed by atoms with Crippen LogP contribution in [-0.4, -0.2) is 77.9 Å². The SMILES string of the molecule is CON=C(C(=O)NC1C(=O)N2C(C(=O)O)=C(CSc3nc(C)ns3)CS[C@@H]12)c1cscn1. The van der Waals surface area contributed by atoms with E-state index in [1.807, 2.05) is 0 Å². The maximum atomic E-state index is 12.8. The summed E-state index contributed by atoms with van der Waals surface area (Å²) in [7, 11) is 1.30. The topological polar surface area (TPSA) is 147 Å². The lowest BCUT2D eigenvalue weighted by molar-refractivity contribution is -0.150. The number of fused-ring (bicyclic) bond motifs is 1. The maximum Gasteiger partial charge on any atom is 0.352 e. The van der Waals surface area contributed by atoms with Crippen LogP contribution < -0.4 is 5.32 Å². The van der Waals surface area contributed by atoms with Gasteiger partial charge in [0.2, 0.25) is 0 Å². The Kier molecular flexibility index (Phi) is 6.78. The van der Waals surface area contributed by atoms with Crippen LogP contribution in [0.4, 0.5) is 0 Å². The van der Waals surface area contributed by atoms with Crippen molar-refractivity contribution in [2.75, 3.05) is 18.6 Å². The molecule has 2 aromatic rings. The van der Waals surface area contributed by atoms with Gasteiger partial charge < -0.3 is 15.3 Å². The molecule has 4 heterocycles. The average molecular weight is 513 g/mol. The number of aliphatic carboxylic acids is 1. The minimum absolute atomic E-state index is 0.0386. The van der Waals surface area contributed by atoms with Crippen LogP contribution in [0.1, 0.15) is 11.5 Å². The molecular weight excluding hydrogens is 496 g/mol. The summed E-state index contributed by atoms with van der Waals surface area (Å²) in [6, 6.07) is -0.873. The Bertz CT molecular complexity index is 1110. The summed E-state index contributed by atoms with van der Waals surface area (Å²) in [6.07, 6.45) is 0. The van der Waals surface area contributed by atoms with Crippen LogP contribution in [0, 0.1) is 6.92 Å². The van der Waals surface area contributed by atoms with Crippen LogP contribution in [0.2, 0.25) is 0 Å². The normalized spacial score (nSPS) is 20.6. The second kappa shape index (κ2) is 9.56. The van der Waals surface area contributed by atoms with Crippen molar-refractivity contribution in [2.24, 2.45) is 5.16 Å². The first kappa shape index (κ1) is 22.7. The molecule has 2 N–H and O–H groups in total. The second-order valence-electron chi connectivity index (χ2n) is 6.51. The first-order valence-electron chi connectivity index (χ1n) is 9.04. The Morgan fingerprint density at radius 1 is 1.47 bits per heavy atom. The first-order chi connectivity index (χ1) is 15.4. The molecule has 2 atom stereocenters. The molecule has 168 valence electrons. The van der Waals surface area contributed by atoms with Crippen molar-refractivity contribution in [3.05, 3.63) is 33.7 Å². The second-order valence-corrected chi connectivity index (χ2v) is 10.3. The molecule has 0 radical (unpaired) electrons. The van der Waals surface area contributed by atoms with E-state index in [-0.39, 0.29) is 11.4 Å². The number of aromatic nitrogens is 3. The largest absolute Gasteiger partial charge is 0.477 e. The molecule has 0 spiro atoms. The number of amides is 2. The number of thioether (sulfide) groups is 2. The number of carbonyl (C=O) groups excluding carboxylic acids is 2. The summed E-state index contributed by atoms with van der Waals surface area (Å²) in [5.41, 5.74) is 2.40. The molecule has 1 saturated heterocycles. The lowest BCUT2D eigenvalue weighted by Crippen LogP contribution is -2.71. The zero-order valence-electron chi connectivity index (χ0n) is 16.7. The van der Waals surface area contributed by atoms with Gasteiger partial charge in [0.25, 0.3) is 11.8 Å². The van der Waals surface area contributed by atoms with E-state index in [9.17, 15) is 19.5 Å².